The minimum Gasteiger partial charge on any atom is -0.440 e. The number of hydrogen-bond donors (Lipinski definition) is 1. The zero-order valence-electron chi connectivity index (χ0n) is 17.3. The van der Waals surface area contributed by atoms with Crippen LogP contribution in [0, 0.1) is 13.8 Å². The molecule has 0 spiro atoms. The Kier molecular flexibility index (Phi) is 5.63. The van der Waals surface area contributed by atoms with Crippen LogP contribution in [0.15, 0.2) is 57.9 Å². The molecular weight excluding hydrogens is 380 g/mol. The summed E-state index contributed by atoms with van der Waals surface area (Å²) in [5, 5.41) is 6.38. The van der Waals surface area contributed by atoms with Crippen LogP contribution in [0.1, 0.15) is 35.3 Å². The third-order valence-electron chi connectivity index (χ3n) is 5.03. The lowest BCUT2D eigenvalue weighted by Gasteiger charge is -2.08. The first-order chi connectivity index (χ1) is 14.5. The Bertz CT molecular complexity index is 1200. The maximum atomic E-state index is 11.9. The number of ether oxygens (including phenoxy) is 1. The Morgan fingerprint density at radius 2 is 1.93 bits per heavy atom. The van der Waals surface area contributed by atoms with Gasteiger partial charge in [-0.2, -0.15) is 5.10 Å². The quantitative estimate of drug-likeness (QED) is 0.504. The lowest BCUT2D eigenvalue weighted by Crippen LogP contribution is -2.15. The summed E-state index contributed by atoms with van der Waals surface area (Å²) in [5.41, 5.74) is 4.89. The van der Waals surface area contributed by atoms with Gasteiger partial charge in [0.05, 0.1) is 18.5 Å². The van der Waals surface area contributed by atoms with E-state index in [9.17, 15) is 4.79 Å². The molecule has 0 saturated carbocycles. The number of oxazole rings is 1. The first-order valence-corrected chi connectivity index (χ1v) is 9.91. The molecule has 2 aromatic carbocycles. The number of nitrogens with one attached hydrogen (secondary N) is 1. The van der Waals surface area contributed by atoms with Crippen LogP contribution in [0.25, 0.3) is 17.0 Å². The Balaban J connectivity index is 1.53. The van der Waals surface area contributed by atoms with Crippen molar-refractivity contribution in [1.29, 1.82) is 0 Å². The second-order valence-corrected chi connectivity index (χ2v) is 7.15. The van der Waals surface area contributed by atoms with Crippen LogP contribution in [0.2, 0.25) is 0 Å². The average Bonchev–Trinajstić information content (AvgIpc) is 3.35. The van der Waals surface area contributed by atoms with E-state index in [1.54, 1.807) is 13.1 Å². The highest BCUT2D eigenvalue weighted by atomic mass is 16.5. The summed E-state index contributed by atoms with van der Waals surface area (Å²) in [6.07, 6.45) is 2.35. The van der Waals surface area contributed by atoms with Crippen molar-refractivity contribution in [1.82, 2.24) is 19.7 Å². The summed E-state index contributed by atoms with van der Waals surface area (Å²) < 4.78 is 13.0. The van der Waals surface area contributed by atoms with E-state index in [4.69, 9.17) is 9.15 Å². The van der Waals surface area contributed by atoms with E-state index < -0.39 is 0 Å². The topological polar surface area (TPSA) is 85.9 Å². The van der Waals surface area contributed by atoms with Gasteiger partial charge < -0.3 is 9.15 Å². The van der Waals surface area contributed by atoms with Crippen LogP contribution in [0.5, 0.6) is 0 Å². The van der Waals surface area contributed by atoms with Crippen LogP contribution >= 0.6 is 0 Å². The molecule has 7 nitrogen and oxygen atoms in total. The highest BCUT2D eigenvalue weighted by molar-refractivity contribution is 5.58. The average molecular weight is 404 g/mol. The van der Waals surface area contributed by atoms with E-state index in [1.165, 1.54) is 15.7 Å². The molecule has 2 heterocycles. The summed E-state index contributed by atoms with van der Waals surface area (Å²) in [7, 11) is 0. The lowest BCUT2D eigenvalue weighted by atomic mass is 10.0. The molecule has 0 radical (unpaired) electrons. The molecule has 0 saturated heterocycles. The van der Waals surface area contributed by atoms with Gasteiger partial charge in [0, 0.05) is 18.6 Å². The lowest BCUT2D eigenvalue weighted by molar-refractivity contribution is 0.134. The molecule has 0 unspecified atom stereocenters. The van der Waals surface area contributed by atoms with Gasteiger partial charge in [-0.25, -0.2) is 19.4 Å². The van der Waals surface area contributed by atoms with Gasteiger partial charge in [0.2, 0.25) is 0 Å². The molecule has 0 fully saturated rings. The number of H-pyrrole nitrogens is 1. The van der Waals surface area contributed by atoms with Crippen molar-refractivity contribution < 1.29 is 9.15 Å². The zero-order chi connectivity index (χ0) is 21.1. The van der Waals surface area contributed by atoms with Crippen LogP contribution in [0.3, 0.4) is 0 Å². The van der Waals surface area contributed by atoms with Crippen molar-refractivity contribution in [3.8, 4) is 17.0 Å². The zero-order valence-corrected chi connectivity index (χ0v) is 17.3. The van der Waals surface area contributed by atoms with Gasteiger partial charge >= 0.3 is 5.69 Å². The summed E-state index contributed by atoms with van der Waals surface area (Å²) in [6.45, 7) is 7.15. The van der Waals surface area contributed by atoms with Crippen molar-refractivity contribution in [2.24, 2.45) is 0 Å². The van der Waals surface area contributed by atoms with Crippen LogP contribution in [-0.2, 0) is 17.8 Å². The number of benzene rings is 2. The predicted molar refractivity (Wildman–Crippen MR) is 114 cm³/mol. The number of nitrogens with zero attached hydrogens (tertiary/aromatic N) is 3. The summed E-state index contributed by atoms with van der Waals surface area (Å²) >= 11 is 0. The summed E-state index contributed by atoms with van der Waals surface area (Å²) in [5.74, 6) is 1.96. The fraction of sp³-hybridized carbons (Fsp3) is 0.261. The minimum atomic E-state index is -0.260. The molecular formula is C23H24N4O3. The first-order valence-electron chi connectivity index (χ1n) is 9.91. The second kappa shape index (κ2) is 8.51. The van der Waals surface area contributed by atoms with Crippen molar-refractivity contribution in [3.05, 3.63) is 87.6 Å². The molecule has 2 aromatic heterocycles. The molecule has 0 aliphatic rings. The van der Waals surface area contributed by atoms with Crippen LogP contribution < -0.4 is 5.69 Å². The van der Waals surface area contributed by atoms with E-state index in [2.05, 4.69) is 40.3 Å². The molecule has 0 aliphatic carbocycles. The molecule has 30 heavy (non-hydrogen) atoms. The van der Waals surface area contributed by atoms with Gasteiger partial charge in [0.25, 0.3) is 0 Å². The highest BCUT2D eigenvalue weighted by Gasteiger charge is 2.11. The molecule has 4 rings (SSSR count). The standard InChI is InChI=1S/C23H24N4O3/c1-4-29-14-17-6-5-15(2)19(11-17)12-22-24-13-21(30-22)18-7-9-20(10-8-18)27-16(3)25-26-23(27)28/h5-11,13H,4,12,14H2,1-3H3,(H,26,28). The monoisotopic (exact) mass is 404 g/mol. The Morgan fingerprint density at radius 1 is 1.13 bits per heavy atom. The van der Waals surface area contributed by atoms with Crippen LogP contribution in [-0.4, -0.2) is 26.4 Å². The van der Waals surface area contributed by atoms with Gasteiger partial charge in [0.1, 0.15) is 5.82 Å². The van der Waals surface area contributed by atoms with E-state index in [1.807, 2.05) is 31.2 Å². The van der Waals surface area contributed by atoms with Crippen molar-refractivity contribution in [3.63, 3.8) is 0 Å². The minimum absolute atomic E-state index is 0.260. The molecule has 0 bridgehead atoms. The molecule has 0 aliphatic heterocycles. The first kappa shape index (κ1) is 19.8. The maximum Gasteiger partial charge on any atom is 0.347 e. The third-order valence-corrected chi connectivity index (χ3v) is 5.03. The number of rotatable bonds is 7. The van der Waals surface area contributed by atoms with Crippen molar-refractivity contribution >= 4 is 0 Å². The fourth-order valence-corrected chi connectivity index (χ4v) is 3.37. The smallest absolute Gasteiger partial charge is 0.347 e. The predicted octanol–water partition coefficient (Wildman–Crippen LogP) is 3.96. The van der Waals surface area contributed by atoms with Crippen LogP contribution in [0.4, 0.5) is 0 Å². The molecule has 4 aromatic rings. The van der Waals surface area contributed by atoms with Crippen molar-refractivity contribution in [2.75, 3.05) is 6.61 Å². The number of aromatic nitrogens is 4. The number of aromatic amines is 1. The van der Waals surface area contributed by atoms with Gasteiger partial charge in [-0.1, -0.05) is 18.2 Å². The Hall–Kier alpha value is -3.45. The summed E-state index contributed by atoms with van der Waals surface area (Å²) in [4.78, 5) is 16.3. The Labute approximate surface area is 174 Å². The molecule has 0 atom stereocenters. The van der Waals surface area contributed by atoms with Gasteiger partial charge in [0.15, 0.2) is 11.7 Å². The third kappa shape index (κ3) is 4.11. The van der Waals surface area contributed by atoms with E-state index in [0.717, 1.165) is 16.8 Å². The number of hydrogen-bond acceptors (Lipinski definition) is 5. The molecule has 154 valence electrons. The van der Waals surface area contributed by atoms with Crippen molar-refractivity contribution in [2.45, 2.75) is 33.8 Å². The molecule has 0 amide bonds. The van der Waals surface area contributed by atoms with E-state index in [-0.39, 0.29) is 5.69 Å². The largest absolute Gasteiger partial charge is 0.440 e. The summed E-state index contributed by atoms with van der Waals surface area (Å²) in [6, 6.07) is 13.9. The molecule has 7 heteroatoms. The number of aryl methyl sites for hydroxylation is 2. The Morgan fingerprint density at radius 3 is 2.63 bits per heavy atom. The SMILES string of the molecule is CCOCc1ccc(C)c(Cc2ncc(-c3ccc(-n4c(C)n[nH]c4=O)cc3)o2)c1. The van der Waals surface area contributed by atoms with E-state index >= 15 is 0 Å². The van der Waals surface area contributed by atoms with E-state index in [0.29, 0.717) is 37.1 Å². The fourth-order valence-electron chi connectivity index (χ4n) is 3.37. The van der Waals surface area contributed by atoms with Gasteiger partial charge in [-0.3, -0.25) is 0 Å². The highest BCUT2D eigenvalue weighted by Crippen LogP contribution is 2.24. The second-order valence-electron chi connectivity index (χ2n) is 7.15. The van der Waals surface area contributed by atoms with Gasteiger partial charge in [-0.15, -0.1) is 0 Å². The maximum absolute atomic E-state index is 11.9. The molecule has 1 N–H and O–H groups in total. The normalized spacial score (nSPS) is 11.2. The van der Waals surface area contributed by atoms with Gasteiger partial charge in [-0.05, 0) is 61.7 Å².